The summed E-state index contributed by atoms with van der Waals surface area (Å²) in [6.07, 6.45) is -1.20. The lowest BCUT2D eigenvalue weighted by Crippen LogP contribution is -2.25. The molecule has 1 heterocycles. The number of nitrogens with zero attached hydrogens (tertiary/aromatic N) is 1. The van der Waals surface area contributed by atoms with Gasteiger partial charge in [-0.05, 0) is 54.7 Å². The summed E-state index contributed by atoms with van der Waals surface area (Å²) in [5.74, 6) is -2.97. The third-order valence-electron chi connectivity index (χ3n) is 4.53. The summed E-state index contributed by atoms with van der Waals surface area (Å²) < 4.78 is 91.6. The molecule has 0 aliphatic rings. The minimum absolute atomic E-state index is 0.0157. The summed E-state index contributed by atoms with van der Waals surface area (Å²) in [6, 6.07) is 2.94. The van der Waals surface area contributed by atoms with Crippen LogP contribution in [0, 0.1) is 17.6 Å². The number of rotatable bonds is 8. The number of aromatic nitrogens is 1. The fourth-order valence-electron chi connectivity index (χ4n) is 3.01. The molecule has 2 rings (SSSR count). The molecule has 0 aliphatic carbocycles. The lowest BCUT2D eigenvalue weighted by molar-refractivity contribution is -0.141. The first kappa shape index (κ1) is 27.2. The zero-order valence-corrected chi connectivity index (χ0v) is 19.6. The van der Waals surface area contributed by atoms with Crippen LogP contribution in [0.2, 0.25) is 0 Å². The van der Waals surface area contributed by atoms with Crippen LogP contribution < -0.4 is 10.0 Å². The van der Waals surface area contributed by atoms with E-state index in [4.69, 9.17) is 0 Å². The second-order valence-corrected chi connectivity index (χ2v) is 9.87. The van der Waals surface area contributed by atoms with Crippen molar-refractivity contribution in [1.29, 1.82) is 0 Å². The van der Waals surface area contributed by atoms with Crippen LogP contribution in [0.4, 0.5) is 27.6 Å². The minimum Gasteiger partial charge on any atom is -0.346 e. The van der Waals surface area contributed by atoms with E-state index in [1.807, 2.05) is 13.8 Å². The van der Waals surface area contributed by atoms with Gasteiger partial charge in [-0.15, -0.1) is 0 Å². The molecule has 186 valence electrons. The highest BCUT2D eigenvalue weighted by molar-refractivity contribution is 7.92. The number of hydrogen-bond acceptors (Lipinski definition) is 4. The number of carbonyl (C=O) groups excluding carboxylic acids is 1. The summed E-state index contributed by atoms with van der Waals surface area (Å²) in [5.41, 5.74) is -1.32. The molecule has 6 nitrogen and oxygen atoms in total. The molecule has 0 spiro atoms. The number of alkyl halides is 3. The van der Waals surface area contributed by atoms with Gasteiger partial charge in [0, 0.05) is 11.8 Å². The van der Waals surface area contributed by atoms with Crippen molar-refractivity contribution >= 4 is 27.7 Å². The van der Waals surface area contributed by atoms with Crippen molar-refractivity contribution in [2.75, 3.05) is 11.0 Å². The second kappa shape index (κ2) is 10.5. The van der Waals surface area contributed by atoms with E-state index in [2.05, 4.69) is 10.3 Å². The Morgan fingerprint density at radius 2 is 1.71 bits per heavy atom. The maximum Gasteiger partial charge on any atom is 0.433 e. The van der Waals surface area contributed by atoms with Gasteiger partial charge in [-0.1, -0.05) is 19.9 Å². The van der Waals surface area contributed by atoms with Gasteiger partial charge < -0.3 is 5.32 Å². The molecule has 34 heavy (non-hydrogen) atoms. The van der Waals surface area contributed by atoms with Gasteiger partial charge in [0.05, 0.1) is 12.3 Å². The van der Waals surface area contributed by atoms with E-state index in [9.17, 15) is 35.2 Å². The Hall–Kier alpha value is -3.02. The lowest BCUT2D eigenvalue weighted by Gasteiger charge is -2.15. The molecule has 0 fully saturated rings. The average Bonchev–Trinajstić information content (AvgIpc) is 2.67. The number of carbonyl (C=O) groups is 1. The first-order valence-corrected chi connectivity index (χ1v) is 12.0. The Morgan fingerprint density at radius 3 is 2.21 bits per heavy atom. The lowest BCUT2D eigenvalue weighted by atomic mass is 10.0. The number of anilines is 1. The Bertz CT molecular complexity index is 1170. The summed E-state index contributed by atoms with van der Waals surface area (Å²) in [4.78, 5) is 16.0. The van der Waals surface area contributed by atoms with Crippen molar-refractivity contribution in [1.82, 2.24) is 10.3 Å². The molecule has 0 radical (unpaired) electrons. The van der Waals surface area contributed by atoms with Crippen LogP contribution in [0.1, 0.15) is 49.3 Å². The van der Waals surface area contributed by atoms with E-state index in [0.29, 0.717) is 5.56 Å². The molecule has 2 aromatic rings. The number of hydrogen-bond donors (Lipinski definition) is 2. The van der Waals surface area contributed by atoms with Gasteiger partial charge >= 0.3 is 6.18 Å². The molecule has 2 N–H and O–H groups in total. The third-order valence-corrected chi connectivity index (χ3v) is 5.10. The van der Waals surface area contributed by atoms with Crippen molar-refractivity contribution in [3.63, 3.8) is 0 Å². The van der Waals surface area contributed by atoms with Crippen molar-refractivity contribution in [3.05, 3.63) is 64.5 Å². The molecule has 0 aliphatic heterocycles. The quantitative estimate of drug-likeness (QED) is 0.397. The van der Waals surface area contributed by atoms with Crippen molar-refractivity contribution in [3.8, 4) is 0 Å². The molecule has 0 saturated carbocycles. The summed E-state index contributed by atoms with van der Waals surface area (Å²) in [6.45, 7) is 5.09. The molecule has 1 atom stereocenters. The molecule has 0 saturated heterocycles. The normalized spacial score (nSPS) is 13.4. The first-order chi connectivity index (χ1) is 15.6. The highest BCUT2D eigenvalue weighted by Crippen LogP contribution is 2.29. The fraction of sp³-hybridized carbons (Fsp3) is 0.364. The predicted molar refractivity (Wildman–Crippen MR) is 118 cm³/mol. The van der Waals surface area contributed by atoms with Crippen LogP contribution in [0.3, 0.4) is 0 Å². The highest BCUT2D eigenvalue weighted by Gasteiger charge is 2.33. The Balaban J connectivity index is 2.20. The maximum atomic E-state index is 14.2. The highest BCUT2D eigenvalue weighted by atomic mass is 32.2. The Labute approximate surface area is 194 Å². The smallest absolute Gasteiger partial charge is 0.346 e. The summed E-state index contributed by atoms with van der Waals surface area (Å²) >= 11 is 0. The van der Waals surface area contributed by atoms with Gasteiger partial charge in [-0.2, -0.15) is 13.2 Å². The van der Waals surface area contributed by atoms with Gasteiger partial charge in [0.1, 0.15) is 11.4 Å². The van der Waals surface area contributed by atoms with E-state index in [1.54, 1.807) is 4.72 Å². The van der Waals surface area contributed by atoms with E-state index >= 15 is 0 Å². The third kappa shape index (κ3) is 7.79. The minimum atomic E-state index is -4.60. The molecule has 12 heteroatoms. The van der Waals surface area contributed by atoms with Crippen LogP contribution in [0.5, 0.6) is 0 Å². The van der Waals surface area contributed by atoms with Gasteiger partial charge in [0.2, 0.25) is 15.9 Å². The maximum absolute atomic E-state index is 14.2. The summed E-state index contributed by atoms with van der Waals surface area (Å²) in [5, 5.41) is 2.49. The van der Waals surface area contributed by atoms with Crippen LogP contribution in [-0.2, 0) is 27.4 Å². The van der Waals surface area contributed by atoms with E-state index in [0.717, 1.165) is 30.5 Å². The van der Waals surface area contributed by atoms with Crippen molar-refractivity contribution in [2.24, 2.45) is 5.92 Å². The molecular weight excluding hydrogens is 481 g/mol. The monoisotopic (exact) mass is 505 g/mol. The first-order valence-electron chi connectivity index (χ1n) is 10.1. The fourth-order valence-corrected chi connectivity index (χ4v) is 3.57. The number of benzene rings is 1. The molecule has 0 unspecified atom stereocenters. The largest absolute Gasteiger partial charge is 0.433 e. The van der Waals surface area contributed by atoms with Gasteiger partial charge in [-0.3, -0.25) is 9.52 Å². The molecule has 1 amide bonds. The molecule has 1 aromatic heterocycles. The summed E-state index contributed by atoms with van der Waals surface area (Å²) in [7, 11) is -3.91. The van der Waals surface area contributed by atoms with Crippen LogP contribution >= 0.6 is 0 Å². The van der Waals surface area contributed by atoms with Crippen LogP contribution in [0.15, 0.2) is 30.3 Å². The molecular formula is C22H24F5N3O3S. The van der Waals surface area contributed by atoms with Crippen LogP contribution in [-0.4, -0.2) is 25.6 Å². The molecule has 1 aromatic carbocycles. The SMILES string of the molecule is CC(C)Cc1nc(C(F)(F)F)ccc1/C=C/C(=O)N[C@H](C)c1cc(F)c(NS(C)(=O)=O)c(F)c1. The average molecular weight is 506 g/mol. The number of halogens is 5. The zero-order valence-electron chi connectivity index (χ0n) is 18.8. The second-order valence-electron chi connectivity index (χ2n) is 8.13. The van der Waals surface area contributed by atoms with Crippen molar-refractivity contribution < 1.29 is 35.2 Å². The van der Waals surface area contributed by atoms with Crippen molar-refractivity contribution in [2.45, 2.75) is 39.4 Å². The zero-order chi connectivity index (χ0) is 25.8. The number of pyridine rings is 1. The Morgan fingerprint density at radius 1 is 1.12 bits per heavy atom. The molecule has 0 bridgehead atoms. The topological polar surface area (TPSA) is 88.2 Å². The number of amides is 1. The number of sulfonamides is 1. The standard InChI is InChI=1S/C22H24F5N3O3S/c1-12(2)9-18-14(5-7-19(29-18)22(25,26)27)6-8-20(31)28-13(3)15-10-16(23)21(17(24)11-15)30-34(4,32)33/h5-8,10-13,30H,9H2,1-4H3,(H,28,31)/b8-6+/t13-/m1/s1. The van der Waals surface area contributed by atoms with Gasteiger partial charge in [0.15, 0.2) is 11.6 Å². The predicted octanol–water partition coefficient (Wildman–Crippen LogP) is 4.84. The van der Waals surface area contributed by atoms with E-state index < -0.39 is 51.2 Å². The Kier molecular flexibility index (Phi) is 8.40. The van der Waals surface area contributed by atoms with Gasteiger partial charge in [0.25, 0.3) is 0 Å². The van der Waals surface area contributed by atoms with E-state index in [-0.39, 0.29) is 23.6 Å². The van der Waals surface area contributed by atoms with E-state index in [1.165, 1.54) is 19.1 Å². The number of nitrogens with one attached hydrogen (secondary N) is 2. The van der Waals surface area contributed by atoms with Gasteiger partial charge in [-0.25, -0.2) is 22.2 Å². The van der Waals surface area contributed by atoms with Crippen LogP contribution in [0.25, 0.3) is 6.08 Å².